The number of aliphatic hydroxyl groups excluding tert-OH is 1. The number of carbonyl (C=O) groups excluding carboxylic acids is 1. The molecular weight excluding hydrogens is 620 g/mol. The monoisotopic (exact) mass is 673 g/mol. The minimum Gasteiger partial charge on any atom is -0.506 e. The average molecular weight is 674 g/mol. The fourth-order valence-corrected chi connectivity index (χ4v) is 7.60. The number of aliphatic hydroxyl groups is 1. The van der Waals surface area contributed by atoms with Crippen LogP contribution in [0.2, 0.25) is 0 Å². The van der Waals surface area contributed by atoms with Crippen molar-refractivity contribution in [2.24, 2.45) is 0 Å². The maximum atomic E-state index is 13.6. The van der Waals surface area contributed by atoms with E-state index in [4.69, 9.17) is 9.47 Å². The normalized spacial score (nSPS) is 16.8. The molecule has 0 fully saturated rings. The summed E-state index contributed by atoms with van der Waals surface area (Å²) in [5.74, 6) is -0.122. The largest absolute Gasteiger partial charge is 0.506 e. The minimum atomic E-state index is -0.155. The Hall–Kier alpha value is -4.52. The quantitative estimate of drug-likeness (QED) is 0.153. The van der Waals surface area contributed by atoms with Crippen molar-refractivity contribution in [3.05, 3.63) is 130 Å². The van der Waals surface area contributed by atoms with Crippen LogP contribution in [0.5, 0.6) is 0 Å². The molecule has 4 atom stereocenters. The first-order valence-corrected chi connectivity index (χ1v) is 17.8. The first-order valence-electron chi connectivity index (χ1n) is 17.8. The third-order valence-electron chi connectivity index (χ3n) is 10.3. The van der Waals surface area contributed by atoms with Gasteiger partial charge < -0.3 is 19.5 Å². The Kier molecular flexibility index (Phi) is 11.4. The van der Waals surface area contributed by atoms with Crippen LogP contribution >= 0.6 is 0 Å². The van der Waals surface area contributed by atoms with E-state index in [1.54, 1.807) is 14.2 Å². The van der Waals surface area contributed by atoms with Gasteiger partial charge in [0, 0.05) is 56.3 Å². The second-order valence-electron chi connectivity index (χ2n) is 13.7. The number of hydrogen-bond donors (Lipinski definition) is 1. The molecule has 3 aromatic carbocycles. The predicted molar refractivity (Wildman–Crippen MR) is 206 cm³/mol. The van der Waals surface area contributed by atoms with Crippen LogP contribution in [-0.4, -0.2) is 59.7 Å². The van der Waals surface area contributed by atoms with Crippen molar-refractivity contribution >= 4 is 34.1 Å². The van der Waals surface area contributed by atoms with Gasteiger partial charge in [-0.25, -0.2) is 0 Å². The molecule has 5 rings (SSSR count). The summed E-state index contributed by atoms with van der Waals surface area (Å²) in [5, 5.41) is 11.3. The summed E-state index contributed by atoms with van der Waals surface area (Å²) >= 11 is 0. The summed E-state index contributed by atoms with van der Waals surface area (Å²) in [6.07, 6.45) is 9.73. The highest BCUT2D eigenvalue weighted by Crippen LogP contribution is 2.41. The molecule has 3 aromatic rings. The molecule has 0 saturated carbocycles. The third kappa shape index (κ3) is 7.05. The van der Waals surface area contributed by atoms with Gasteiger partial charge in [-0.2, -0.15) is 4.58 Å². The number of carbonyl (C=O) groups is 1. The molecule has 0 bridgehead atoms. The van der Waals surface area contributed by atoms with E-state index in [-0.39, 0.29) is 35.8 Å². The lowest BCUT2D eigenvalue weighted by Crippen LogP contribution is -2.39. The maximum Gasteiger partial charge on any atom is 0.208 e. The van der Waals surface area contributed by atoms with Crippen LogP contribution in [0.15, 0.2) is 102 Å². The number of allylic oxidation sites excluding steroid dienone is 7. The van der Waals surface area contributed by atoms with E-state index < -0.39 is 0 Å². The number of nitrogens with zero attached hydrogens (tertiary/aromatic N) is 2. The van der Waals surface area contributed by atoms with E-state index in [9.17, 15) is 9.90 Å². The number of ether oxygens (including phenoxy) is 2. The van der Waals surface area contributed by atoms with Gasteiger partial charge in [0.25, 0.3) is 0 Å². The summed E-state index contributed by atoms with van der Waals surface area (Å²) in [7, 11) is 3.52. The van der Waals surface area contributed by atoms with Crippen LogP contribution in [0.1, 0.15) is 68.4 Å². The van der Waals surface area contributed by atoms with Gasteiger partial charge >= 0.3 is 0 Å². The van der Waals surface area contributed by atoms with E-state index in [1.807, 2.05) is 48.6 Å². The fraction of sp³-hybridized carbons (Fsp3) is 0.364. The molecule has 4 unspecified atom stereocenters. The first-order chi connectivity index (χ1) is 23.9. The number of aryl methyl sites for hydroxylation is 4. The Morgan fingerprint density at radius 3 is 1.84 bits per heavy atom. The lowest BCUT2D eigenvalue weighted by molar-refractivity contribution is -0.494. The Labute approximate surface area is 298 Å². The Bertz CT molecular complexity index is 1880. The molecule has 0 radical (unpaired) electrons. The van der Waals surface area contributed by atoms with Crippen LogP contribution in [0.25, 0.3) is 5.57 Å². The molecular formula is C44H53N2O4+. The van der Waals surface area contributed by atoms with Gasteiger partial charge in [-0.3, -0.25) is 4.79 Å². The third-order valence-corrected chi connectivity index (χ3v) is 10.3. The molecule has 0 amide bonds. The topological polar surface area (TPSA) is 62.0 Å². The molecule has 2 aliphatic carbocycles. The van der Waals surface area contributed by atoms with Crippen molar-refractivity contribution in [1.82, 2.24) is 0 Å². The minimum absolute atomic E-state index is 0.0307. The van der Waals surface area contributed by atoms with Crippen molar-refractivity contribution < 1.29 is 24.0 Å². The van der Waals surface area contributed by atoms with Gasteiger partial charge in [0.1, 0.15) is 11.9 Å². The molecule has 50 heavy (non-hydrogen) atoms. The van der Waals surface area contributed by atoms with Crippen molar-refractivity contribution in [1.29, 1.82) is 0 Å². The zero-order chi connectivity index (χ0) is 36.3. The van der Waals surface area contributed by atoms with Gasteiger partial charge in [-0.1, -0.05) is 55.3 Å². The van der Waals surface area contributed by atoms with Crippen LogP contribution in [0.3, 0.4) is 0 Å². The van der Waals surface area contributed by atoms with E-state index in [0.29, 0.717) is 22.3 Å². The van der Waals surface area contributed by atoms with Crippen molar-refractivity contribution in [3.8, 4) is 0 Å². The average Bonchev–Trinajstić information content (AvgIpc) is 3.09. The Morgan fingerprint density at radius 1 is 0.740 bits per heavy atom. The molecule has 0 spiro atoms. The van der Waals surface area contributed by atoms with Gasteiger partial charge in [0.15, 0.2) is 6.04 Å². The summed E-state index contributed by atoms with van der Waals surface area (Å²) < 4.78 is 14.0. The zero-order valence-electron chi connectivity index (χ0n) is 31.4. The van der Waals surface area contributed by atoms with Gasteiger partial charge in [-0.15, -0.1) is 0 Å². The number of benzene rings is 3. The predicted octanol–water partition coefficient (Wildman–Crippen LogP) is 9.74. The molecule has 0 saturated heterocycles. The molecule has 1 N–H and O–H groups in total. The standard InChI is InChI=1S/C44H52N2O4/c1-11-39(49-9)31(7)45(37-23-13-27(3)25-29(37)5)35-19-15-33(16-20-35)41-43(47)42(44(41)48)34-17-21-36(22-18-34)46(32(8)40(12-2)50-10)38-24-14-28(4)26-30(38)6/h13-26,31-32,39-40H,11-12H2,1-10H3/p+1. The smallest absolute Gasteiger partial charge is 0.208 e. The number of ketones is 1. The number of rotatable bonds is 12. The highest BCUT2D eigenvalue weighted by atomic mass is 16.5. The van der Waals surface area contributed by atoms with Crippen molar-refractivity contribution in [3.63, 3.8) is 0 Å². The van der Waals surface area contributed by atoms with Crippen LogP contribution in [0.4, 0.5) is 17.1 Å². The second-order valence-corrected chi connectivity index (χ2v) is 13.7. The number of Topliss-reactive ketones (excluding diaryl/α,β-unsaturated/α-hetero) is 1. The van der Waals surface area contributed by atoms with Crippen molar-refractivity contribution in [2.45, 2.75) is 92.5 Å². The van der Waals surface area contributed by atoms with E-state index >= 15 is 0 Å². The number of methoxy groups -OCH3 is 2. The van der Waals surface area contributed by atoms with E-state index in [2.05, 4.69) is 101 Å². The molecule has 2 aliphatic rings. The summed E-state index contributed by atoms with van der Waals surface area (Å²) in [6.45, 7) is 17.1. The van der Waals surface area contributed by atoms with Gasteiger partial charge in [0.05, 0.1) is 23.3 Å². The lowest BCUT2D eigenvalue weighted by Gasteiger charge is -2.37. The lowest BCUT2D eigenvalue weighted by atomic mass is 9.80. The number of anilines is 2. The summed E-state index contributed by atoms with van der Waals surface area (Å²) in [4.78, 5) is 16.0. The van der Waals surface area contributed by atoms with E-state index in [1.165, 1.54) is 22.3 Å². The van der Waals surface area contributed by atoms with Crippen LogP contribution in [-0.2, 0) is 14.3 Å². The van der Waals surface area contributed by atoms with Crippen LogP contribution in [0, 0.1) is 27.7 Å². The van der Waals surface area contributed by atoms with Crippen molar-refractivity contribution in [2.75, 3.05) is 19.1 Å². The fourth-order valence-electron chi connectivity index (χ4n) is 7.60. The highest BCUT2D eigenvalue weighted by Gasteiger charge is 2.37. The summed E-state index contributed by atoms with van der Waals surface area (Å²) in [6, 6.07) is 21.0. The van der Waals surface area contributed by atoms with Gasteiger partial charge in [-0.05, 0) is 101 Å². The molecule has 6 nitrogen and oxygen atoms in total. The zero-order valence-corrected chi connectivity index (χ0v) is 31.4. The highest BCUT2D eigenvalue weighted by molar-refractivity contribution is 6.39. The summed E-state index contributed by atoms with van der Waals surface area (Å²) in [5.41, 5.74) is 11.1. The molecule has 0 heterocycles. The number of hydrogen-bond acceptors (Lipinski definition) is 5. The SMILES string of the molecule is CCC(OC)C(C)N(c1ccc(C2=C(O)C(=C3C=CC(=[N+](c4ccc(C)cc4C)C(C)C(CC)OC)C=C3)C2=O)cc1)c1ccc(C)cc1C. The molecule has 0 aliphatic heterocycles. The Balaban J connectivity index is 1.48. The first kappa shape index (κ1) is 36.8. The van der Waals surface area contributed by atoms with Gasteiger partial charge in [0.2, 0.25) is 17.2 Å². The second kappa shape index (κ2) is 15.6. The maximum absolute atomic E-state index is 13.6. The van der Waals surface area contributed by atoms with E-state index in [0.717, 1.165) is 35.6 Å². The molecule has 0 aromatic heterocycles. The van der Waals surface area contributed by atoms with Crippen LogP contribution < -0.4 is 4.90 Å². The molecule has 6 heteroatoms. The Morgan fingerprint density at radius 2 is 1.32 bits per heavy atom. The molecule has 262 valence electrons.